The molecule has 0 saturated carbocycles. The quantitative estimate of drug-likeness (QED) is 0.693. The summed E-state index contributed by atoms with van der Waals surface area (Å²) >= 11 is 1.51. The van der Waals surface area contributed by atoms with Gasteiger partial charge in [0.1, 0.15) is 0 Å². The molecule has 0 amide bonds. The van der Waals surface area contributed by atoms with Gasteiger partial charge in [0.05, 0.1) is 0 Å². The minimum atomic E-state index is 0.0929. The standard InChI is InChI=1S/C13H12N2S/c14-11-6-3-7-12-13(11)10-5-2-1-4-9(10)8-15-16-12/h1-5,7-8,11H,6,14H2. The molecule has 1 aliphatic carbocycles. The largest absolute Gasteiger partial charge is 0.324 e. The van der Waals surface area contributed by atoms with E-state index in [1.165, 1.54) is 28.0 Å². The second-order valence-electron chi connectivity index (χ2n) is 3.94. The summed E-state index contributed by atoms with van der Waals surface area (Å²) in [5.41, 5.74) is 9.82. The molecular weight excluding hydrogens is 216 g/mol. The van der Waals surface area contributed by atoms with Crippen LogP contribution < -0.4 is 5.73 Å². The van der Waals surface area contributed by atoms with E-state index in [0.29, 0.717) is 0 Å². The molecular formula is C13H12N2S. The molecule has 0 fully saturated rings. The molecule has 80 valence electrons. The van der Waals surface area contributed by atoms with Gasteiger partial charge in [-0.2, -0.15) is 0 Å². The Morgan fingerprint density at radius 1 is 1.31 bits per heavy atom. The minimum Gasteiger partial charge on any atom is -0.324 e. The highest BCUT2D eigenvalue weighted by Crippen LogP contribution is 2.37. The maximum Gasteiger partial charge on any atom is 0.0434 e. The van der Waals surface area contributed by atoms with E-state index in [9.17, 15) is 0 Å². The zero-order chi connectivity index (χ0) is 11.0. The molecule has 16 heavy (non-hydrogen) atoms. The van der Waals surface area contributed by atoms with Crippen molar-refractivity contribution in [3.8, 4) is 0 Å². The highest BCUT2D eigenvalue weighted by atomic mass is 32.2. The van der Waals surface area contributed by atoms with Crippen molar-refractivity contribution in [2.75, 3.05) is 0 Å². The maximum absolute atomic E-state index is 6.20. The number of hydrogen-bond donors (Lipinski definition) is 1. The SMILES string of the molecule is NC1CC=CC2=C1c1ccccc1C=NS2. The van der Waals surface area contributed by atoms with E-state index < -0.39 is 0 Å². The molecule has 1 unspecified atom stereocenters. The molecule has 1 atom stereocenters. The van der Waals surface area contributed by atoms with Gasteiger partial charge in [-0.05, 0) is 17.6 Å². The van der Waals surface area contributed by atoms with Crippen molar-refractivity contribution < 1.29 is 0 Å². The summed E-state index contributed by atoms with van der Waals surface area (Å²) in [5, 5.41) is 0. The predicted octanol–water partition coefficient (Wildman–Crippen LogP) is 2.77. The van der Waals surface area contributed by atoms with Crippen LogP contribution >= 0.6 is 11.9 Å². The molecule has 2 aliphatic rings. The van der Waals surface area contributed by atoms with Crippen molar-refractivity contribution in [2.45, 2.75) is 12.5 Å². The van der Waals surface area contributed by atoms with Crippen molar-refractivity contribution in [3.05, 3.63) is 52.4 Å². The lowest BCUT2D eigenvalue weighted by molar-refractivity contribution is 0.843. The van der Waals surface area contributed by atoms with Crippen molar-refractivity contribution in [2.24, 2.45) is 10.1 Å². The molecule has 2 nitrogen and oxygen atoms in total. The van der Waals surface area contributed by atoms with Gasteiger partial charge in [0.25, 0.3) is 0 Å². The number of nitrogens with two attached hydrogens (primary N) is 1. The number of rotatable bonds is 0. The van der Waals surface area contributed by atoms with E-state index in [4.69, 9.17) is 5.73 Å². The molecule has 0 bridgehead atoms. The first-order valence-electron chi connectivity index (χ1n) is 5.32. The number of hydrogen-bond acceptors (Lipinski definition) is 3. The Hall–Kier alpha value is -1.32. The second kappa shape index (κ2) is 3.92. The van der Waals surface area contributed by atoms with E-state index in [1.807, 2.05) is 12.3 Å². The topological polar surface area (TPSA) is 38.4 Å². The minimum absolute atomic E-state index is 0.0929. The molecule has 3 rings (SSSR count). The van der Waals surface area contributed by atoms with Crippen LogP contribution in [0.4, 0.5) is 0 Å². The summed E-state index contributed by atoms with van der Waals surface area (Å²) < 4.78 is 4.36. The molecule has 1 aromatic carbocycles. The Kier molecular flexibility index (Phi) is 2.42. The Morgan fingerprint density at radius 2 is 2.19 bits per heavy atom. The first kappa shape index (κ1) is 9.87. The van der Waals surface area contributed by atoms with Crippen LogP contribution in [0.15, 0.2) is 45.7 Å². The molecule has 0 saturated heterocycles. The van der Waals surface area contributed by atoms with Gasteiger partial charge < -0.3 is 5.73 Å². The van der Waals surface area contributed by atoms with Crippen molar-refractivity contribution in [1.29, 1.82) is 0 Å². The van der Waals surface area contributed by atoms with Gasteiger partial charge in [-0.25, -0.2) is 4.40 Å². The molecule has 1 aromatic rings. The molecule has 1 heterocycles. The van der Waals surface area contributed by atoms with Crippen LogP contribution in [-0.4, -0.2) is 12.3 Å². The lowest BCUT2D eigenvalue weighted by atomic mass is 9.90. The van der Waals surface area contributed by atoms with E-state index in [2.05, 4.69) is 34.7 Å². The monoisotopic (exact) mass is 228 g/mol. The molecule has 3 heteroatoms. The van der Waals surface area contributed by atoms with Gasteiger partial charge in [0, 0.05) is 34.7 Å². The van der Waals surface area contributed by atoms with E-state index in [-0.39, 0.29) is 6.04 Å². The van der Waals surface area contributed by atoms with Crippen molar-refractivity contribution in [1.82, 2.24) is 0 Å². The fourth-order valence-corrected chi connectivity index (χ4v) is 2.92. The summed E-state index contributed by atoms with van der Waals surface area (Å²) in [5.74, 6) is 0. The Morgan fingerprint density at radius 3 is 3.12 bits per heavy atom. The molecule has 0 spiro atoms. The summed E-state index contributed by atoms with van der Waals surface area (Å²) in [6.45, 7) is 0. The van der Waals surface area contributed by atoms with Crippen molar-refractivity contribution in [3.63, 3.8) is 0 Å². The third kappa shape index (κ3) is 1.52. The first-order chi connectivity index (χ1) is 7.86. The van der Waals surface area contributed by atoms with Crippen LogP contribution in [0.1, 0.15) is 17.5 Å². The van der Waals surface area contributed by atoms with Crippen molar-refractivity contribution >= 4 is 23.7 Å². The van der Waals surface area contributed by atoms with Crippen LogP contribution in [-0.2, 0) is 0 Å². The number of benzene rings is 1. The van der Waals surface area contributed by atoms with Crippen LogP contribution in [0.3, 0.4) is 0 Å². The van der Waals surface area contributed by atoms with Gasteiger partial charge in [-0.3, -0.25) is 0 Å². The Labute approximate surface area is 99.1 Å². The molecule has 2 N–H and O–H groups in total. The molecule has 1 aliphatic heterocycles. The van der Waals surface area contributed by atoms with Crippen LogP contribution in [0.25, 0.3) is 5.57 Å². The zero-order valence-electron chi connectivity index (χ0n) is 8.76. The van der Waals surface area contributed by atoms with E-state index >= 15 is 0 Å². The lowest BCUT2D eigenvalue weighted by Crippen LogP contribution is -2.23. The molecule has 0 aromatic heterocycles. The average Bonchev–Trinajstić information content (AvgIpc) is 2.49. The highest BCUT2D eigenvalue weighted by Gasteiger charge is 2.21. The lowest BCUT2D eigenvalue weighted by Gasteiger charge is -2.21. The third-order valence-electron chi connectivity index (χ3n) is 2.89. The van der Waals surface area contributed by atoms with Crippen LogP contribution in [0, 0.1) is 0 Å². The van der Waals surface area contributed by atoms with Gasteiger partial charge >= 0.3 is 0 Å². The summed E-state index contributed by atoms with van der Waals surface area (Å²) in [6, 6.07) is 8.39. The first-order valence-corrected chi connectivity index (χ1v) is 6.09. The maximum atomic E-state index is 6.20. The second-order valence-corrected chi connectivity index (χ2v) is 4.77. The van der Waals surface area contributed by atoms with E-state index in [0.717, 1.165) is 12.0 Å². The van der Waals surface area contributed by atoms with E-state index in [1.54, 1.807) is 0 Å². The zero-order valence-corrected chi connectivity index (χ0v) is 9.58. The summed E-state index contributed by atoms with van der Waals surface area (Å²) in [7, 11) is 0. The fraction of sp³-hybridized carbons (Fsp3) is 0.154. The fourth-order valence-electron chi connectivity index (χ4n) is 2.12. The van der Waals surface area contributed by atoms with Gasteiger partial charge in [0.2, 0.25) is 0 Å². The third-order valence-corrected chi connectivity index (χ3v) is 3.65. The van der Waals surface area contributed by atoms with Gasteiger partial charge in [0.15, 0.2) is 0 Å². The number of nitrogens with zero attached hydrogens (tertiary/aromatic N) is 1. The Balaban J connectivity index is 2.25. The van der Waals surface area contributed by atoms with Crippen LogP contribution in [0.5, 0.6) is 0 Å². The van der Waals surface area contributed by atoms with Gasteiger partial charge in [-0.15, -0.1) is 0 Å². The highest BCUT2D eigenvalue weighted by molar-refractivity contribution is 8.02. The smallest absolute Gasteiger partial charge is 0.0434 e. The predicted molar refractivity (Wildman–Crippen MR) is 70.3 cm³/mol. The summed E-state index contributed by atoms with van der Waals surface area (Å²) in [6.07, 6.45) is 7.08. The normalized spacial score (nSPS) is 22.7. The number of fused-ring (bicyclic) bond motifs is 2. The molecule has 0 radical (unpaired) electrons. The number of allylic oxidation sites excluding steroid dienone is 1. The summed E-state index contributed by atoms with van der Waals surface area (Å²) in [4.78, 5) is 1.18. The average molecular weight is 228 g/mol. The Bertz CT molecular complexity index is 514. The van der Waals surface area contributed by atoms with Crippen LogP contribution in [0.2, 0.25) is 0 Å². The van der Waals surface area contributed by atoms with Gasteiger partial charge in [-0.1, -0.05) is 36.4 Å².